The lowest BCUT2D eigenvalue weighted by Crippen LogP contribution is -2.03. The summed E-state index contributed by atoms with van der Waals surface area (Å²) < 4.78 is 14.4. The first-order chi connectivity index (χ1) is 8.16. The summed E-state index contributed by atoms with van der Waals surface area (Å²) >= 11 is 3.33. The van der Waals surface area contributed by atoms with Crippen LogP contribution in [0.4, 0.5) is 10.1 Å². The van der Waals surface area contributed by atoms with E-state index in [1.807, 2.05) is 19.1 Å². The van der Waals surface area contributed by atoms with Crippen LogP contribution in [-0.2, 0) is 6.54 Å². The highest BCUT2D eigenvalue weighted by atomic mass is 79.9. The second-order valence-corrected chi connectivity index (χ2v) is 4.64. The van der Waals surface area contributed by atoms with Crippen molar-refractivity contribution in [1.82, 2.24) is 4.98 Å². The van der Waals surface area contributed by atoms with E-state index in [-0.39, 0.29) is 5.82 Å². The molecule has 0 unspecified atom stereocenters. The molecule has 2 rings (SSSR count). The lowest BCUT2D eigenvalue weighted by atomic mass is 10.2. The van der Waals surface area contributed by atoms with Crippen LogP contribution < -0.4 is 5.32 Å². The van der Waals surface area contributed by atoms with Crippen LogP contribution in [0.25, 0.3) is 0 Å². The summed E-state index contributed by atoms with van der Waals surface area (Å²) in [5.41, 5.74) is 2.46. The van der Waals surface area contributed by atoms with E-state index < -0.39 is 0 Å². The maximum absolute atomic E-state index is 13.5. The third-order valence-electron chi connectivity index (χ3n) is 2.48. The molecule has 17 heavy (non-hydrogen) atoms. The molecule has 2 aromatic rings. The van der Waals surface area contributed by atoms with E-state index in [1.54, 1.807) is 18.3 Å². The Labute approximate surface area is 108 Å². The van der Waals surface area contributed by atoms with Crippen LogP contribution in [0.2, 0.25) is 0 Å². The molecule has 1 aromatic carbocycles. The largest absolute Gasteiger partial charge is 0.379 e. The summed E-state index contributed by atoms with van der Waals surface area (Å²) in [5, 5.41) is 3.17. The zero-order valence-corrected chi connectivity index (χ0v) is 11.0. The molecule has 4 heteroatoms. The van der Waals surface area contributed by atoms with E-state index in [1.165, 1.54) is 6.07 Å². The van der Waals surface area contributed by atoms with Crippen LogP contribution >= 0.6 is 15.9 Å². The molecule has 88 valence electrons. The van der Waals surface area contributed by atoms with Crippen molar-refractivity contribution in [3.8, 4) is 0 Å². The van der Waals surface area contributed by atoms with Crippen molar-refractivity contribution in [2.24, 2.45) is 0 Å². The summed E-state index contributed by atoms with van der Waals surface area (Å²) in [6, 6.07) is 8.70. The number of pyridine rings is 1. The molecular weight excluding hydrogens is 283 g/mol. The number of aryl methyl sites for hydroxylation is 1. The zero-order valence-electron chi connectivity index (χ0n) is 9.37. The highest BCUT2D eigenvalue weighted by Crippen LogP contribution is 2.18. The Balaban J connectivity index is 2.12. The van der Waals surface area contributed by atoms with Gasteiger partial charge in [0.05, 0.1) is 11.4 Å². The lowest BCUT2D eigenvalue weighted by molar-refractivity contribution is 0.612. The van der Waals surface area contributed by atoms with Gasteiger partial charge in [0.1, 0.15) is 5.82 Å². The number of anilines is 1. The van der Waals surface area contributed by atoms with Crippen molar-refractivity contribution in [3.63, 3.8) is 0 Å². The van der Waals surface area contributed by atoms with E-state index in [4.69, 9.17) is 0 Å². The van der Waals surface area contributed by atoms with Crippen molar-refractivity contribution in [2.75, 3.05) is 5.32 Å². The summed E-state index contributed by atoms with van der Waals surface area (Å²) in [7, 11) is 0. The summed E-state index contributed by atoms with van der Waals surface area (Å²) in [5.74, 6) is -0.206. The van der Waals surface area contributed by atoms with Crippen LogP contribution in [0.5, 0.6) is 0 Å². The van der Waals surface area contributed by atoms with Gasteiger partial charge in [-0.25, -0.2) is 4.39 Å². The smallest absolute Gasteiger partial charge is 0.128 e. The van der Waals surface area contributed by atoms with E-state index in [9.17, 15) is 4.39 Å². The molecule has 0 spiro atoms. The van der Waals surface area contributed by atoms with E-state index in [2.05, 4.69) is 26.2 Å². The van der Waals surface area contributed by atoms with Crippen molar-refractivity contribution in [3.05, 3.63) is 58.1 Å². The van der Waals surface area contributed by atoms with Gasteiger partial charge >= 0.3 is 0 Å². The van der Waals surface area contributed by atoms with Crippen LogP contribution in [0.1, 0.15) is 11.3 Å². The molecule has 0 bridgehead atoms. The number of aromatic nitrogens is 1. The number of nitrogens with one attached hydrogen (secondary N) is 1. The third-order valence-corrected chi connectivity index (χ3v) is 2.98. The highest BCUT2D eigenvalue weighted by Gasteiger charge is 2.03. The average molecular weight is 295 g/mol. The summed E-state index contributed by atoms with van der Waals surface area (Å²) in [6.45, 7) is 2.36. The molecule has 0 saturated carbocycles. The monoisotopic (exact) mass is 294 g/mol. The van der Waals surface area contributed by atoms with Gasteiger partial charge in [-0.3, -0.25) is 4.98 Å². The zero-order chi connectivity index (χ0) is 12.3. The first kappa shape index (κ1) is 12.0. The topological polar surface area (TPSA) is 24.9 Å². The van der Waals surface area contributed by atoms with Crippen molar-refractivity contribution < 1.29 is 4.39 Å². The van der Waals surface area contributed by atoms with Crippen LogP contribution in [0.3, 0.4) is 0 Å². The molecule has 0 saturated heterocycles. The predicted molar refractivity (Wildman–Crippen MR) is 70.4 cm³/mol. The Hall–Kier alpha value is -1.42. The Bertz CT molecular complexity index is 529. The van der Waals surface area contributed by atoms with Crippen LogP contribution in [0.15, 0.2) is 41.0 Å². The van der Waals surface area contributed by atoms with Gasteiger partial charge < -0.3 is 5.32 Å². The number of rotatable bonds is 3. The third kappa shape index (κ3) is 3.03. The standard InChI is InChI=1S/C13H12BrFN2/c1-9-13(3-2-6-16-9)17-8-10-7-11(14)4-5-12(10)15/h2-7,17H,8H2,1H3. The Morgan fingerprint density at radius 2 is 2.18 bits per heavy atom. The molecule has 2 nitrogen and oxygen atoms in total. The minimum absolute atomic E-state index is 0.206. The molecule has 0 amide bonds. The molecule has 0 aliphatic carbocycles. The molecule has 0 atom stereocenters. The van der Waals surface area contributed by atoms with Crippen LogP contribution in [-0.4, -0.2) is 4.98 Å². The highest BCUT2D eigenvalue weighted by molar-refractivity contribution is 9.10. The number of nitrogens with zero attached hydrogens (tertiary/aromatic N) is 1. The fraction of sp³-hybridized carbons (Fsp3) is 0.154. The fourth-order valence-electron chi connectivity index (χ4n) is 1.54. The molecule has 0 fully saturated rings. The van der Waals surface area contributed by atoms with Gasteiger partial charge in [0.25, 0.3) is 0 Å². The minimum atomic E-state index is -0.206. The van der Waals surface area contributed by atoms with Gasteiger partial charge in [0, 0.05) is 22.8 Å². The second kappa shape index (κ2) is 5.27. The first-order valence-electron chi connectivity index (χ1n) is 5.26. The normalized spacial score (nSPS) is 10.3. The summed E-state index contributed by atoms with van der Waals surface area (Å²) in [4.78, 5) is 4.17. The molecule has 0 aliphatic heterocycles. The lowest BCUT2D eigenvalue weighted by Gasteiger charge is -2.09. The first-order valence-corrected chi connectivity index (χ1v) is 6.05. The predicted octanol–water partition coefficient (Wildman–Crippen LogP) is 3.90. The summed E-state index contributed by atoms with van der Waals surface area (Å²) in [6.07, 6.45) is 1.74. The van der Waals surface area contributed by atoms with Gasteiger partial charge in [-0.2, -0.15) is 0 Å². The minimum Gasteiger partial charge on any atom is -0.379 e. The van der Waals surface area contributed by atoms with Crippen molar-refractivity contribution >= 4 is 21.6 Å². The van der Waals surface area contributed by atoms with Crippen LogP contribution in [0, 0.1) is 12.7 Å². The van der Waals surface area contributed by atoms with E-state index in [0.717, 1.165) is 15.9 Å². The molecule has 1 N–H and O–H groups in total. The molecule has 0 radical (unpaired) electrons. The van der Waals surface area contributed by atoms with Gasteiger partial charge in [-0.05, 0) is 37.3 Å². The van der Waals surface area contributed by atoms with Crippen molar-refractivity contribution in [2.45, 2.75) is 13.5 Å². The maximum atomic E-state index is 13.5. The molecule has 1 heterocycles. The second-order valence-electron chi connectivity index (χ2n) is 3.73. The van der Waals surface area contributed by atoms with Gasteiger partial charge in [-0.15, -0.1) is 0 Å². The molecule has 1 aromatic heterocycles. The SMILES string of the molecule is Cc1ncccc1NCc1cc(Br)ccc1F. The molecular formula is C13H12BrFN2. The Morgan fingerprint density at radius 3 is 2.94 bits per heavy atom. The number of halogens is 2. The van der Waals surface area contributed by atoms with Gasteiger partial charge in [-0.1, -0.05) is 15.9 Å². The van der Waals surface area contributed by atoms with E-state index in [0.29, 0.717) is 12.1 Å². The van der Waals surface area contributed by atoms with Gasteiger partial charge in [0.2, 0.25) is 0 Å². The quantitative estimate of drug-likeness (QED) is 0.928. The van der Waals surface area contributed by atoms with Gasteiger partial charge in [0.15, 0.2) is 0 Å². The number of benzene rings is 1. The number of hydrogen-bond donors (Lipinski definition) is 1. The van der Waals surface area contributed by atoms with E-state index >= 15 is 0 Å². The fourth-order valence-corrected chi connectivity index (χ4v) is 1.95. The molecule has 0 aliphatic rings. The average Bonchev–Trinajstić information content (AvgIpc) is 2.32. The Kier molecular flexibility index (Phi) is 3.74. The Morgan fingerprint density at radius 1 is 1.35 bits per heavy atom. The number of hydrogen-bond acceptors (Lipinski definition) is 2. The van der Waals surface area contributed by atoms with Crippen molar-refractivity contribution in [1.29, 1.82) is 0 Å². The maximum Gasteiger partial charge on any atom is 0.128 e.